The Morgan fingerprint density at radius 1 is 1.08 bits per heavy atom. The van der Waals surface area contributed by atoms with Crippen LogP contribution in [0.15, 0.2) is 24.3 Å². The monoisotopic (exact) mass is 335 g/mol. The van der Waals surface area contributed by atoms with Crippen molar-refractivity contribution in [1.82, 2.24) is 4.90 Å². The lowest BCUT2D eigenvalue weighted by Gasteiger charge is -2.33. The highest BCUT2D eigenvalue weighted by Gasteiger charge is 2.44. The van der Waals surface area contributed by atoms with Crippen molar-refractivity contribution >= 4 is 17.8 Å². The van der Waals surface area contributed by atoms with Gasteiger partial charge < -0.3 is 14.2 Å². The zero-order valence-corrected chi connectivity index (χ0v) is 14.0. The molecule has 130 valence electrons. The number of hydrogen-bond donors (Lipinski definition) is 0. The van der Waals surface area contributed by atoms with Crippen LogP contribution in [-0.4, -0.2) is 61.8 Å². The second-order valence-electron chi connectivity index (χ2n) is 6.01. The Kier molecular flexibility index (Phi) is 5.69. The fourth-order valence-electron chi connectivity index (χ4n) is 2.47. The van der Waals surface area contributed by atoms with Gasteiger partial charge in [-0.15, -0.1) is 0 Å². The van der Waals surface area contributed by atoms with E-state index in [4.69, 9.17) is 14.2 Å². The fraction of sp³-hybridized carbons (Fsp3) is 0.471. The summed E-state index contributed by atoms with van der Waals surface area (Å²) < 4.78 is 15.0. The van der Waals surface area contributed by atoms with Crippen molar-refractivity contribution in [2.75, 3.05) is 33.5 Å². The third-order valence-electron chi connectivity index (χ3n) is 3.63. The molecule has 0 saturated carbocycles. The minimum atomic E-state index is -0.889. The van der Waals surface area contributed by atoms with Crippen LogP contribution >= 0.6 is 0 Å². The standard InChI is InChI=1S/C17H21NO6/c1-17(2,11-23-10-14(19)24-9-8-22-3)18-15(20)12-6-4-5-7-13(12)16(18)21/h4-7H,8-11H2,1-3H3. The lowest BCUT2D eigenvalue weighted by atomic mass is 10.0. The number of carbonyl (C=O) groups is 3. The molecule has 0 radical (unpaired) electrons. The van der Waals surface area contributed by atoms with Crippen molar-refractivity contribution in [3.05, 3.63) is 35.4 Å². The first-order chi connectivity index (χ1) is 11.4. The van der Waals surface area contributed by atoms with Crippen molar-refractivity contribution in [3.63, 3.8) is 0 Å². The molecule has 0 aromatic heterocycles. The van der Waals surface area contributed by atoms with E-state index in [-0.39, 0.29) is 31.6 Å². The maximum atomic E-state index is 12.5. The highest BCUT2D eigenvalue weighted by atomic mass is 16.6. The molecule has 24 heavy (non-hydrogen) atoms. The van der Waals surface area contributed by atoms with Gasteiger partial charge in [0.05, 0.1) is 29.9 Å². The Bertz CT molecular complexity index is 605. The highest BCUT2D eigenvalue weighted by molar-refractivity contribution is 6.21. The molecule has 0 bridgehead atoms. The van der Waals surface area contributed by atoms with E-state index in [2.05, 4.69) is 0 Å². The van der Waals surface area contributed by atoms with Crippen molar-refractivity contribution in [1.29, 1.82) is 0 Å². The minimum Gasteiger partial charge on any atom is -0.462 e. The first-order valence-corrected chi connectivity index (χ1v) is 7.58. The summed E-state index contributed by atoms with van der Waals surface area (Å²) in [6.45, 7) is 3.66. The number of fused-ring (bicyclic) bond motifs is 1. The third-order valence-corrected chi connectivity index (χ3v) is 3.63. The third kappa shape index (κ3) is 3.80. The molecule has 0 spiro atoms. The van der Waals surface area contributed by atoms with Crippen LogP contribution in [0.4, 0.5) is 0 Å². The van der Waals surface area contributed by atoms with E-state index < -0.39 is 11.5 Å². The quantitative estimate of drug-likeness (QED) is 0.404. The number of carbonyl (C=O) groups excluding carboxylic acids is 3. The van der Waals surface area contributed by atoms with Crippen LogP contribution < -0.4 is 0 Å². The summed E-state index contributed by atoms with van der Waals surface area (Å²) in [6.07, 6.45) is 0. The van der Waals surface area contributed by atoms with E-state index >= 15 is 0 Å². The predicted molar refractivity (Wildman–Crippen MR) is 84.7 cm³/mol. The van der Waals surface area contributed by atoms with Crippen LogP contribution in [0.2, 0.25) is 0 Å². The molecule has 7 heteroatoms. The molecular formula is C17H21NO6. The largest absolute Gasteiger partial charge is 0.462 e. The molecule has 2 amide bonds. The van der Waals surface area contributed by atoms with Gasteiger partial charge in [-0.3, -0.25) is 14.5 Å². The van der Waals surface area contributed by atoms with Gasteiger partial charge in [0.15, 0.2) is 0 Å². The van der Waals surface area contributed by atoms with Crippen LogP contribution in [0.1, 0.15) is 34.6 Å². The van der Waals surface area contributed by atoms with Gasteiger partial charge in [0, 0.05) is 7.11 Å². The van der Waals surface area contributed by atoms with Crippen LogP contribution in [0.5, 0.6) is 0 Å². The Hall–Kier alpha value is -2.25. The number of esters is 1. The number of amides is 2. The second-order valence-corrected chi connectivity index (χ2v) is 6.01. The summed E-state index contributed by atoms with van der Waals surface area (Å²) in [5.41, 5.74) is -0.121. The Morgan fingerprint density at radius 2 is 1.67 bits per heavy atom. The molecule has 1 heterocycles. The molecule has 1 aromatic carbocycles. The maximum Gasteiger partial charge on any atom is 0.332 e. The van der Waals surface area contributed by atoms with Gasteiger partial charge in [0.2, 0.25) is 0 Å². The molecule has 0 saturated heterocycles. The maximum absolute atomic E-state index is 12.5. The zero-order valence-electron chi connectivity index (χ0n) is 14.0. The molecular weight excluding hydrogens is 314 g/mol. The first kappa shape index (κ1) is 18.1. The van der Waals surface area contributed by atoms with Gasteiger partial charge in [-0.25, -0.2) is 4.79 Å². The number of rotatable bonds is 8. The van der Waals surface area contributed by atoms with E-state index in [9.17, 15) is 14.4 Å². The summed E-state index contributed by atoms with van der Waals surface area (Å²) in [7, 11) is 1.51. The molecule has 0 atom stereocenters. The topological polar surface area (TPSA) is 82.1 Å². The molecule has 1 aliphatic rings. The van der Waals surface area contributed by atoms with Gasteiger partial charge >= 0.3 is 5.97 Å². The number of hydrogen-bond acceptors (Lipinski definition) is 6. The molecule has 2 rings (SSSR count). The van der Waals surface area contributed by atoms with Crippen LogP contribution in [0.3, 0.4) is 0 Å². The summed E-state index contributed by atoms with van der Waals surface area (Å²) in [6, 6.07) is 6.68. The number of benzene rings is 1. The lowest BCUT2D eigenvalue weighted by Crippen LogP contribution is -2.50. The van der Waals surface area contributed by atoms with Crippen molar-refractivity contribution < 1.29 is 28.6 Å². The Balaban J connectivity index is 1.93. The van der Waals surface area contributed by atoms with Crippen LogP contribution in [-0.2, 0) is 19.0 Å². The van der Waals surface area contributed by atoms with E-state index in [1.54, 1.807) is 38.1 Å². The molecule has 0 N–H and O–H groups in total. The summed E-state index contributed by atoms with van der Waals surface area (Å²) in [5, 5.41) is 0. The van der Waals surface area contributed by atoms with Crippen molar-refractivity contribution in [2.45, 2.75) is 19.4 Å². The van der Waals surface area contributed by atoms with E-state index in [0.29, 0.717) is 17.7 Å². The van der Waals surface area contributed by atoms with Gasteiger partial charge in [-0.2, -0.15) is 0 Å². The fourth-order valence-corrected chi connectivity index (χ4v) is 2.47. The molecule has 0 aliphatic carbocycles. The number of ether oxygens (including phenoxy) is 3. The number of methoxy groups -OCH3 is 1. The highest BCUT2D eigenvalue weighted by Crippen LogP contribution is 2.29. The first-order valence-electron chi connectivity index (χ1n) is 7.58. The molecule has 1 aromatic rings. The van der Waals surface area contributed by atoms with E-state index in [0.717, 1.165) is 0 Å². The normalized spacial score (nSPS) is 14.0. The smallest absolute Gasteiger partial charge is 0.332 e. The molecule has 7 nitrogen and oxygen atoms in total. The molecule has 0 fully saturated rings. The number of nitrogens with zero attached hydrogens (tertiary/aromatic N) is 1. The summed E-state index contributed by atoms with van der Waals surface area (Å²) >= 11 is 0. The van der Waals surface area contributed by atoms with Crippen molar-refractivity contribution in [3.8, 4) is 0 Å². The molecule has 1 aliphatic heterocycles. The average Bonchev–Trinajstić information content (AvgIpc) is 2.80. The van der Waals surface area contributed by atoms with Gasteiger partial charge in [0.1, 0.15) is 13.2 Å². The second kappa shape index (κ2) is 7.55. The average molecular weight is 335 g/mol. The van der Waals surface area contributed by atoms with E-state index in [1.807, 2.05) is 0 Å². The Morgan fingerprint density at radius 3 is 2.21 bits per heavy atom. The minimum absolute atomic E-state index is 0.0256. The van der Waals surface area contributed by atoms with Crippen LogP contribution in [0.25, 0.3) is 0 Å². The SMILES string of the molecule is COCCOC(=O)COCC(C)(C)N1C(=O)c2ccccc2C1=O. The predicted octanol–water partition coefficient (Wildman–Crippen LogP) is 1.27. The van der Waals surface area contributed by atoms with Gasteiger partial charge in [0.25, 0.3) is 11.8 Å². The summed E-state index contributed by atoms with van der Waals surface area (Å²) in [5.74, 6) is -1.23. The molecule has 0 unspecified atom stereocenters. The van der Waals surface area contributed by atoms with Gasteiger partial charge in [-0.05, 0) is 26.0 Å². The number of imide groups is 1. The van der Waals surface area contributed by atoms with Gasteiger partial charge in [-0.1, -0.05) is 12.1 Å². The van der Waals surface area contributed by atoms with Crippen molar-refractivity contribution in [2.24, 2.45) is 0 Å². The zero-order chi connectivity index (χ0) is 17.7. The Labute approximate surface area is 140 Å². The summed E-state index contributed by atoms with van der Waals surface area (Å²) in [4.78, 5) is 37.6. The lowest BCUT2D eigenvalue weighted by molar-refractivity contribution is -0.151. The van der Waals surface area contributed by atoms with E-state index in [1.165, 1.54) is 12.0 Å². The van der Waals surface area contributed by atoms with Crippen LogP contribution in [0, 0.1) is 0 Å².